The van der Waals surface area contributed by atoms with E-state index in [0.29, 0.717) is 0 Å². The normalized spacial score (nSPS) is 14.9. The molecular weight excluding hydrogens is 833 g/mol. The van der Waals surface area contributed by atoms with E-state index in [1.165, 1.54) is 122 Å². The Bertz CT molecular complexity index is 3730. The van der Waals surface area contributed by atoms with Crippen molar-refractivity contribution in [3.05, 3.63) is 240 Å². The van der Waals surface area contributed by atoms with E-state index < -0.39 is 0 Å². The summed E-state index contributed by atoms with van der Waals surface area (Å²) in [6.45, 7) is 14.3. The van der Waals surface area contributed by atoms with Crippen LogP contribution in [-0.4, -0.2) is 9.97 Å². The molecule has 10 aromatic rings. The summed E-state index contributed by atoms with van der Waals surface area (Å²) >= 11 is 0. The van der Waals surface area contributed by atoms with Crippen LogP contribution in [0.1, 0.15) is 74.9 Å². The predicted molar refractivity (Wildman–Crippen MR) is 287 cm³/mol. The number of nitrogens with zero attached hydrogens (tertiary/aromatic N) is 2. The summed E-state index contributed by atoms with van der Waals surface area (Å²) in [6, 6.07) is 72.8. The molecule has 0 atom stereocenters. The fraction of sp³-hybridized carbons (Fsp3) is 0.134. The molecule has 1 heterocycles. The second-order valence-corrected chi connectivity index (χ2v) is 21.0. The highest BCUT2D eigenvalue weighted by Crippen LogP contribution is 2.55. The summed E-state index contributed by atoms with van der Waals surface area (Å²) in [5.41, 5.74) is 29.2. The van der Waals surface area contributed by atoms with Gasteiger partial charge in [0.25, 0.3) is 0 Å². The highest BCUT2D eigenvalue weighted by atomic mass is 14.8. The van der Waals surface area contributed by atoms with Gasteiger partial charge < -0.3 is 0 Å². The van der Waals surface area contributed by atoms with Crippen LogP contribution in [0.25, 0.3) is 100 Å². The lowest BCUT2D eigenvalue weighted by atomic mass is 9.79. The first-order valence-corrected chi connectivity index (χ1v) is 24.4. The lowest BCUT2D eigenvalue weighted by Crippen LogP contribution is -2.16. The van der Waals surface area contributed by atoms with Crippen molar-refractivity contribution in [2.75, 3.05) is 0 Å². The first-order valence-electron chi connectivity index (χ1n) is 24.4. The minimum Gasteiger partial charge on any atom is -0.237 e. The minimum absolute atomic E-state index is 0.158. The van der Waals surface area contributed by atoms with Crippen LogP contribution in [0.4, 0.5) is 0 Å². The summed E-state index contributed by atoms with van der Waals surface area (Å²) in [7, 11) is 0. The number of benzene rings is 9. The molecule has 2 heteroatoms. The van der Waals surface area contributed by atoms with Crippen molar-refractivity contribution in [2.45, 2.75) is 57.8 Å². The highest BCUT2D eigenvalue weighted by molar-refractivity contribution is 5.93. The Kier molecular flexibility index (Phi) is 8.99. The van der Waals surface area contributed by atoms with Gasteiger partial charge in [-0.25, -0.2) is 9.97 Å². The zero-order valence-corrected chi connectivity index (χ0v) is 40.0. The van der Waals surface area contributed by atoms with E-state index in [-0.39, 0.29) is 16.2 Å². The van der Waals surface area contributed by atoms with Gasteiger partial charge >= 0.3 is 0 Å². The van der Waals surface area contributed by atoms with Crippen molar-refractivity contribution in [3.63, 3.8) is 0 Å². The highest BCUT2D eigenvalue weighted by Gasteiger charge is 2.39. The summed E-state index contributed by atoms with van der Waals surface area (Å²) in [5, 5.41) is 0. The second-order valence-electron chi connectivity index (χ2n) is 21.0. The van der Waals surface area contributed by atoms with Crippen molar-refractivity contribution in [2.24, 2.45) is 0 Å². The van der Waals surface area contributed by atoms with Gasteiger partial charge in [-0.3, -0.25) is 0 Å². The number of rotatable bonds is 6. The Morgan fingerprint density at radius 3 is 0.942 bits per heavy atom. The maximum absolute atomic E-state index is 4.54. The molecule has 0 saturated carbocycles. The second kappa shape index (κ2) is 15.0. The standard InChI is InChI=1S/C67H52N2/c1-65(2)58-35-44(19-26-51(58)52-27-20-45(36-59(52)65)47-22-29-54-56-31-24-49(64-68-32-13-33-69-64)40-63(56)67(5,6)61(54)38-47)46-21-28-53-55-30-23-48(39-62(55)66(3,4)60(53)37-46)57-34-43(41-14-9-7-10-15-41)18-25-50(57)42-16-11-8-12-17-42/h7-40H,1-6H3. The lowest BCUT2D eigenvalue weighted by molar-refractivity contribution is 0.659. The number of fused-ring (bicyclic) bond motifs is 9. The van der Waals surface area contributed by atoms with Gasteiger partial charge in [-0.1, -0.05) is 187 Å². The van der Waals surface area contributed by atoms with Crippen molar-refractivity contribution in [1.82, 2.24) is 9.97 Å². The molecule has 0 amide bonds. The Morgan fingerprint density at radius 2 is 0.536 bits per heavy atom. The van der Waals surface area contributed by atoms with Crippen LogP contribution in [0, 0.1) is 0 Å². The van der Waals surface area contributed by atoms with Crippen LogP contribution in [0.2, 0.25) is 0 Å². The molecule has 330 valence electrons. The first kappa shape index (κ1) is 41.3. The third-order valence-electron chi connectivity index (χ3n) is 16.0. The third-order valence-corrected chi connectivity index (χ3v) is 16.0. The lowest BCUT2D eigenvalue weighted by Gasteiger charge is -2.24. The SMILES string of the molecule is CC1(C)c2cc(-c3ccc4c(c3)C(C)(C)c3cc(-c5ncccn5)ccc3-4)ccc2-c2ccc(-c3ccc4c(c3)C(C)(C)c3cc(-c5cc(-c6ccccc6)ccc5-c5ccccc5)ccc3-4)cc21. The molecule has 0 fully saturated rings. The van der Waals surface area contributed by atoms with E-state index in [1.54, 1.807) is 0 Å². The van der Waals surface area contributed by atoms with E-state index in [4.69, 9.17) is 0 Å². The first-order chi connectivity index (χ1) is 33.4. The number of hydrogen-bond donors (Lipinski definition) is 0. The molecule has 2 nitrogen and oxygen atoms in total. The average molecular weight is 885 g/mol. The molecule has 0 unspecified atom stereocenters. The minimum atomic E-state index is -0.182. The van der Waals surface area contributed by atoms with Crippen LogP contribution in [0.3, 0.4) is 0 Å². The molecular formula is C67H52N2. The van der Waals surface area contributed by atoms with Gasteiger partial charge in [0, 0.05) is 34.2 Å². The summed E-state index contributed by atoms with van der Waals surface area (Å²) in [4.78, 5) is 9.08. The molecule has 0 bridgehead atoms. The molecule has 0 spiro atoms. The van der Waals surface area contributed by atoms with Crippen molar-refractivity contribution in [3.8, 4) is 100 Å². The molecule has 13 rings (SSSR count). The topological polar surface area (TPSA) is 25.8 Å². The third kappa shape index (κ3) is 6.31. The van der Waals surface area contributed by atoms with Crippen LogP contribution >= 0.6 is 0 Å². The molecule has 0 N–H and O–H groups in total. The number of hydrogen-bond acceptors (Lipinski definition) is 2. The van der Waals surface area contributed by atoms with Gasteiger partial charge in [-0.15, -0.1) is 0 Å². The zero-order valence-electron chi connectivity index (χ0n) is 40.0. The van der Waals surface area contributed by atoms with Crippen molar-refractivity contribution in [1.29, 1.82) is 0 Å². The number of aromatic nitrogens is 2. The molecule has 1 aromatic heterocycles. The van der Waals surface area contributed by atoms with E-state index in [1.807, 2.05) is 18.5 Å². The Balaban J connectivity index is 0.814. The van der Waals surface area contributed by atoms with Gasteiger partial charge in [0.15, 0.2) is 5.82 Å². The molecule has 0 aliphatic heterocycles. The van der Waals surface area contributed by atoms with Gasteiger partial charge in [0.05, 0.1) is 0 Å². The average Bonchev–Trinajstić information content (AvgIpc) is 3.87. The van der Waals surface area contributed by atoms with Crippen LogP contribution in [0.5, 0.6) is 0 Å². The largest absolute Gasteiger partial charge is 0.237 e. The van der Waals surface area contributed by atoms with Crippen molar-refractivity contribution < 1.29 is 0 Å². The maximum atomic E-state index is 4.54. The van der Waals surface area contributed by atoms with Crippen molar-refractivity contribution >= 4 is 0 Å². The van der Waals surface area contributed by atoms with E-state index in [2.05, 4.69) is 240 Å². The quantitative estimate of drug-likeness (QED) is 0.166. The van der Waals surface area contributed by atoms with E-state index in [0.717, 1.165) is 11.4 Å². The molecule has 9 aromatic carbocycles. The van der Waals surface area contributed by atoms with Crippen LogP contribution in [0.15, 0.2) is 207 Å². The molecule has 69 heavy (non-hydrogen) atoms. The molecule has 3 aliphatic rings. The zero-order chi connectivity index (χ0) is 46.8. The molecule has 0 radical (unpaired) electrons. The van der Waals surface area contributed by atoms with E-state index in [9.17, 15) is 0 Å². The molecule has 3 aliphatic carbocycles. The monoisotopic (exact) mass is 884 g/mol. The smallest absolute Gasteiger partial charge is 0.159 e. The fourth-order valence-corrected chi connectivity index (χ4v) is 12.1. The van der Waals surface area contributed by atoms with Gasteiger partial charge in [-0.05, 0) is 171 Å². The van der Waals surface area contributed by atoms with Crippen LogP contribution < -0.4 is 0 Å². The summed E-state index contributed by atoms with van der Waals surface area (Å²) < 4.78 is 0. The van der Waals surface area contributed by atoms with Gasteiger partial charge in [0.2, 0.25) is 0 Å². The van der Waals surface area contributed by atoms with Crippen LogP contribution in [-0.2, 0) is 16.2 Å². The van der Waals surface area contributed by atoms with Gasteiger partial charge in [0.1, 0.15) is 0 Å². The van der Waals surface area contributed by atoms with E-state index >= 15 is 0 Å². The Morgan fingerprint density at radius 1 is 0.232 bits per heavy atom. The molecule has 0 saturated heterocycles. The summed E-state index contributed by atoms with van der Waals surface area (Å²) in [5.74, 6) is 0.762. The maximum Gasteiger partial charge on any atom is 0.159 e. The van der Waals surface area contributed by atoms with Gasteiger partial charge in [-0.2, -0.15) is 0 Å². The fourth-order valence-electron chi connectivity index (χ4n) is 12.1. The Hall–Kier alpha value is -7.94. The predicted octanol–water partition coefficient (Wildman–Crippen LogP) is 17.4. The Labute approximate surface area is 406 Å². The summed E-state index contributed by atoms with van der Waals surface area (Å²) in [6.07, 6.45) is 3.63.